The molecule has 3 fully saturated rings. The molecule has 1 aliphatic carbocycles. The molecule has 1 aromatic rings. The molecule has 9 heteroatoms. The molecular formula is C26H34N4O5. The Morgan fingerprint density at radius 3 is 2.43 bits per heavy atom. The van der Waals surface area contributed by atoms with Crippen molar-refractivity contribution in [3.05, 3.63) is 29.3 Å². The maximum absolute atomic E-state index is 13.0. The summed E-state index contributed by atoms with van der Waals surface area (Å²) in [6.07, 6.45) is 4.66. The minimum atomic E-state index is -0.959. The number of rotatable bonds is 7. The number of amides is 4. The maximum Gasteiger partial charge on any atom is 0.262 e. The average molecular weight is 483 g/mol. The molecule has 1 atom stereocenters. The van der Waals surface area contributed by atoms with E-state index in [9.17, 15) is 19.2 Å². The number of imide groups is 2. The van der Waals surface area contributed by atoms with E-state index >= 15 is 0 Å². The number of carbonyl (C=O) groups excluding carboxylic acids is 4. The van der Waals surface area contributed by atoms with Gasteiger partial charge in [-0.2, -0.15) is 0 Å². The Labute approximate surface area is 205 Å². The molecule has 1 aromatic carbocycles. The lowest BCUT2D eigenvalue weighted by Gasteiger charge is -2.46. The summed E-state index contributed by atoms with van der Waals surface area (Å²) in [4.78, 5) is 53.2. The third kappa shape index (κ3) is 4.71. The summed E-state index contributed by atoms with van der Waals surface area (Å²) in [5.74, 6) is -0.695. The van der Waals surface area contributed by atoms with Crippen LogP contribution in [0.3, 0.4) is 0 Å². The molecule has 5 rings (SSSR count). The van der Waals surface area contributed by atoms with Crippen LogP contribution in [0.2, 0.25) is 0 Å². The van der Waals surface area contributed by atoms with Crippen molar-refractivity contribution >= 4 is 23.6 Å². The van der Waals surface area contributed by atoms with Crippen molar-refractivity contribution in [3.63, 3.8) is 0 Å². The van der Waals surface area contributed by atoms with Crippen molar-refractivity contribution in [2.45, 2.75) is 76.6 Å². The van der Waals surface area contributed by atoms with E-state index < -0.39 is 23.8 Å². The summed E-state index contributed by atoms with van der Waals surface area (Å²) in [7, 11) is 0. The molecule has 2 saturated heterocycles. The minimum Gasteiger partial charge on any atom is -0.490 e. The first-order valence-electron chi connectivity index (χ1n) is 12.8. The van der Waals surface area contributed by atoms with Crippen molar-refractivity contribution in [1.29, 1.82) is 0 Å². The van der Waals surface area contributed by atoms with Gasteiger partial charge in [-0.05, 0) is 70.3 Å². The number of carbonyl (C=O) groups is 4. The van der Waals surface area contributed by atoms with Gasteiger partial charge in [0.15, 0.2) is 0 Å². The van der Waals surface area contributed by atoms with Gasteiger partial charge in [0.05, 0.1) is 11.1 Å². The van der Waals surface area contributed by atoms with Gasteiger partial charge < -0.3 is 10.1 Å². The number of nitrogens with zero attached hydrogens (tertiary/aromatic N) is 2. The van der Waals surface area contributed by atoms with Crippen LogP contribution in [0.15, 0.2) is 18.2 Å². The average Bonchev–Trinajstić information content (AvgIpc) is 3.05. The summed E-state index contributed by atoms with van der Waals surface area (Å²) in [5.41, 5.74) is 0.522. The zero-order valence-electron chi connectivity index (χ0n) is 20.4. The first-order valence-corrected chi connectivity index (χ1v) is 12.8. The van der Waals surface area contributed by atoms with Crippen LogP contribution in [0.5, 0.6) is 5.75 Å². The maximum atomic E-state index is 13.0. The third-order valence-corrected chi connectivity index (χ3v) is 7.84. The zero-order valence-corrected chi connectivity index (χ0v) is 20.4. The Morgan fingerprint density at radius 2 is 1.74 bits per heavy atom. The molecule has 4 aliphatic rings. The van der Waals surface area contributed by atoms with E-state index in [1.807, 2.05) is 0 Å². The fourth-order valence-electron chi connectivity index (χ4n) is 5.76. The summed E-state index contributed by atoms with van der Waals surface area (Å²) in [5, 5.41) is 5.66. The molecule has 1 saturated carbocycles. The lowest BCUT2D eigenvalue weighted by atomic mass is 9.85. The van der Waals surface area contributed by atoms with Crippen LogP contribution in [0, 0.1) is 5.92 Å². The van der Waals surface area contributed by atoms with Crippen LogP contribution in [-0.2, 0) is 9.59 Å². The van der Waals surface area contributed by atoms with Crippen LogP contribution < -0.4 is 15.4 Å². The number of benzene rings is 1. The van der Waals surface area contributed by atoms with Gasteiger partial charge in [-0.25, -0.2) is 0 Å². The van der Waals surface area contributed by atoms with Crippen LogP contribution in [0.25, 0.3) is 0 Å². The summed E-state index contributed by atoms with van der Waals surface area (Å²) >= 11 is 0. The van der Waals surface area contributed by atoms with Gasteiger partial charge in [-0.1, -0.05) is 0 Å². The third-order valence-electron chi connectivity index (χ3n) is 7.84. The van der Waals surface area contributed by atoms with Gasteiger partial charge in [0.2, 0.25) is 11.8 Å². The standard InChI is InChI=1S/C26H34N4O5/c1-15(2)29(14-16-7-9-27-10-8-16)17-11-19(12-17)35-18-3-4-20-21(13-18)26(34)30(25(20)33)22-5-6-23(31)28-24(22)32/h3-4,13,15-17,19,22,27H,5-12,14H2,1-2H3,(H,28,31,32)/t17-,19-,22?. The second-order valence-corrected chi connectivity index (χ2v) is 10.5. The summed E-state index contributed by atoms with van der Waals surface area (Å²) in [6, 6.07) is 4.96. The van der Waals surface area contributed by atoms with E-state index in [-0.39, 0.29) is 36.0 Å². The number of ether oxygens (including phenoxy) is 1. The van der Waals surface area contributed by atoms with Crippen molar-refractivity contribution < 1.29 is 23.9 Å². The molecule has 188 valence electrons. The monoisotopic (exact) mass is 482 g/mol. The van der Waals surface area contributed by atoms with E-state index in [0.29, 0.717) is 17.8 Å². The normalized spacial score (nSPS) is 27.3. The minimum absolute atomic E-state index is 0.0748. The SMILES string of the molecule is CC(C)N(CC1CCNCC1)[C@H]1C[C@H](Oc2ccc3c(c2)C(=O)N(C2CCC(=O)NC2=O)C3=O)C1. The molecule has 0 spiro atoms. The lowest BCUT2D eigenvalue weighted by Crippen LogP contribution is -2.54. The van der Waals surface area contributed by atoms with Crippen LogP contribution in [0.1, 0.15) is 73.1 Å². The lowest BCUT2D eigenvalue weighted by molar-refractivity contribution is -0.136. The summed E-state index contributed by atoms with van der Waals surface area (Å²) < 4.78 is 6.18. The molecular weight excluding hydrogens is 448 g/mol. The topological polar surface area (TPSA) is 108 Å². The van der Waals surface area contributed by atoms with Gasteiger partial charge in [-0.3, -0.25) is 34.3 Å². The Kier molecular flexibility index (Phi) is 6.63. The van der Waals surface area contributed by atoms with Gasteiger partial charge in [0.25, 0.3) is 11.8 Å². The van der Waals surface area contributed by atoms with Gasteiger partial charge in [0, 0.05) is 37.9 Å². The van der Waals surface area contributed by atoms with Crippen molar-refractivity contribution in [2.24, 2.45) is 5.92 Å². The zero-order chi connectivity index (χ0) is 24.7. The molecule has 35 heavy (non-hydrogen) atoms. The first-order chi connectivity index (χ1) is 16.8. The molecule has 9 nitrogen and oxygen atoms in total. The molecule has 0 bridgehead atoms. The fraction of sp³-hybridized carbons (Fsp3) is 0.615. The molecule has 0 aromatic heterocycles. The van der Waals surface area contributed by atoms with E-state index in [2.05, 4.69) is 29.4 Å². The molecule has 3 heterocycles. The predicted molar refractivity (Wildman–Crippen MR) is 128 cm³/mol. The summed E-state index contributed by atoms with van der Waals surface area (Å²) in [6.45, 7) is 7.85. The van der Waals surface area contributed by atoms with Crippen molar-refractivity contribution in [3.8, 4) is 5.75 Å². The molecule has 4 amide bonds. The smallest absolute Gasteiger partial charge is 0.262 e. The van der Waals surface area contributed by atoms with E-state index in [1.165, 1.54) is 12.8 Å². The number of nitrogens with one attached hydrogen (secondary N) is 2. The Bertz CT molecular complexity index is 1030. The quantitative estimate of drug-likeness (QED) is 0.570. The van der Waals surface area contributed by atoms with E-state index in [1.54, 1.807) is 18.2 Å². The molecule has 3 aliphatic heterocycles. The first kappa shape index (κ1) is 23.9. The Balaban J connectivity index is 1.20. The van der Waals surface area contributed by atoms with Gasteiger partial charge in [-0.15, -0.1) is 0 Å². The largest absolute Gasteiger partial charge is 0.490 e. The van der Waals surface area contributed by atoms with Crippen LogP contribution >= 0.6 is 0 Å². The van der Waals surface area contributed by atoms with Gasteiger partial charge >= 0.3 is 0 Å². The number of piperidine rings is 2. The highest BCUT2D eigenvalue weighted by Gasteiger charge is 2.45. The predicted octanol–water partition coefficient (Wildman–Crippen LogP) is 1.71. The van der Waals surface area contributed by atoms with Crippen molar-refractivity contribution in [2.75, 3.05) is 19.6 Å². The van der Waals surface area contributed by atoms with Crippen LogP contribution in [0.4, 0.5) is 0 Å². The van der Waals surface area contributed by atoms with E-state index in [4.69, 9.17) is 4.74 Å². The number of hydrogen-bond acceptors (Lipinski definition) is 7. The molecule has 1 unspecified atom stereocenters. The van der Waals surface area contributed by atoms with Crippen LogP contribution in [-0.4, -0.2) is 77.3 Å². The number of fused-ring (bicyclic) bond motifs is 1. The second kappa shape index (κ2) is 9.70. The fourth-order valence-corrected chi connectivity index (χ4v) is 5.76. The Morgan fingerprint density at radius 1 is 1.03 bits per heavy atom. The Hall–Kier alpha value is -2.78. The highest BCUT2D eigenvalue weighted by atomic mass is 16.5. The number of hydrogen-bond donors (Lipinski definition) is 2. The highest BCUT2D eigenvalue weighted by Crippen LogP contribution is 2.35. The van der Waals surface area contributed by atoms with Gasteiger partial charge in [0.1, 0.15) is 17.9 Å². The highest BCUT2D eigenvalue weighted by molar-refractivity contribution is 6.23. The van der Waals surface area contributed by atoms with E-state index in [0.717, 1.165) is 43.3 Å². The second-order valence-electron chi connectivity index (χ2n) is 10.5. The molecule has 0 radical (unpaired) electrons. The van der Waals surface area contributed by atoms with Crippen molar-refractivity contribution in [1.82, 2.24) is 20.4 Å². The molecule has 2 N–H and O–H groups in total.